The van der Waals surface area contributed by atoms with E-state index >= 15 is 0 Å². The molecule has 2 N–H and O–H groups in total. The molecule has 0 bridgehead atoms. The number of hydrogen-bond acceptors (Lipinski definition) is 2. The number of aliphatic carboxylic acids is 1. The zero-order valence-electron chi connectivity index (χ0n) is 10.5. The predicted molar refractivity (Wildman–Crippen MR) is 62.3 cm³/mol. The van der Waals surface area contributed by atoms with Crippen molar-refractivity contribution >= 4 is 12.0 Å². The lowest BCUT2D eigenvalue weighted by Gasteiger charge is -2.23. The van der Waals surface area contributed by atoms with Crippen LogP contribution in [0.5, 0.6) is 0 Å². The number of urea groups is 1. The Morgan fingerprint density at radius 2 is 1.94 bits per heavy atom. The standard InChI is InChI=1S/C11H22N2O3/c1-5-8(2)7-13(4)11(16)12-9(3)6-10(14)15/h8-9H,5-7H2,1-4H3,(H,12,16)(H,14,15). The number of rotatable bonds is 6. The van der Waals surface area contributed by atoms with Gasteiger partial charge in [0.1, 0.15) is 0 Å². The molecule has 94 valence electrons. The molecule has 0 saturated carbocycles. The molecular formula is C11H22N2O3. The van der Waals surface area contributed by atoms with Crippen LogP contribution in [0.4, 0.5) is 4.79 Å². The van der Waals surface area contributed by atoms with E-state index in [9.17, 15) is 9.59 Å². The lowest BCUT2D eigenvalue weighted by Crippen LogP contribution is -2.44. The normalized spacial score (nSPS) is 14.0. The van der Waals surface area contributed by atoms with Crippen molar-refractivity contribution in [3.63, 3.8) is 0 Å². The van der Waals surface area contributed by atoms with E-state index in [4.69, 9.17) is 5.11 Å². The van der Waals surface area contributed by atoms with E-state index in [1.54, 1.807) is 18.9 Å². The lowest BCUT2D eigenvalue weighted by molar-refractivity contribution is -0.137. The molecule has 0 fully saturated rings. The maximum Gasteiger partial charge on any atom is 0.317 e. The minimum atomic E-state index is -0.905. The topological polar surface area (TPSA) is 69.6 Å². The third-order valence-electron chi connectivity index (χ3n) is 2.48. The number of carbonyl (C=O) groups excluding carboxylic acids is 1. The Labute approximate surface area is 96.8 Å². The van der Waals surface area contributed by atoms with Crippen molar-refractivity contribution in [3.05, 3.63) is 0 Å². The summed E-state index contributed by atoms with van der Waals surface area (Å²) in [7, 11) is 1.72. The van der Waals surface area contributed by atoms with E-state index in [1.165, 1.54) is 0 Å². The molecule has 0 saturated heterocycles. The maximum atomic E-state index is 11.6. The molecule has 2 amide bonds. The minimum Gasteiger partial charge on any atom is -0.481 e. The molecule has 0 aromatic heterocycles. The first-order valence-corrected chi connectivity index (χ1v) is 5.60. The average Bonchev–Trinajstić information content (AvgIpc) is 2.15. The van der Waals surface area contributed by atoms with Gasteiger partial charge in [-0.2, -0.15) is 0 Å². The van der Waals surface area contributed by atoms with Crippen molar-refractivity contribution in [2.24, 2.45) is 5.92 Å². The van der Waals surface area contributed by atoms with Gasteiger partial charge in [0.05, 0.1) is 6.42 Å². The molecule has 2 unspecified atom stereocenters. The first-order valence-electron chi connectivity index (χ1n) is 5.60. The van der Waals surface area contributed by atoms with E-state index in [0.717, 1.165) is 6.42 Å². The Morgan fingerprint density at radius 3 is 2.38 bits per heavy atom. The van der Waals surface area contributed by atoms with Gasteiger partial charge >= 0.3 is 12.0 Å². The first-order chi connectivity index (χ1) is 7.36. The van der Waals surface area contributed by atoms with Gasteiger partial charge in [0.2, 0.25) is 0 Å². The average molecular weight is 230 g/mol. The van der Waals surface area contributed by atoms with Crippen LogP contribution >= 0.6 is 0 Å². The molecule has 0 aliphatic rings. The zero-order chi connectivity index (χ0) is 12.7. The number of carboxylic acid groups (broad SMARTS) is 1. The lowest BCUT2D eigenvalue weighted by atomic mass is 10.1. The summed E-state index contributed by atoms with van der Waals surface area (Å²) in [6, 6.07) is -0.557. The Hall–Kier alpha value is -1.26. The fraction of sp³-hybridized carbons (Fsp3) is 0.818. The molecule has 0 radical (unpaired) electrons. The smallest absolute Gasteiger partial charge is 0.317 e. The van der Waals surface area contributed by atoms with E-state index in [2.05, 4.69) is 19.2 Å². The molecule has 0 heterocycles. The maximum absolute atomic E-state index is 11.6. The number of nitrogens with zero attached hydrogens (tertiary/aromatic N) is 1. The van der Waals surface area contributed by atoms with Gasteiger partial charge in [-0.25, -0.2) is 4.79 Å². The molecule has 0 rings (SSSR count). The highest BCUT2D eigenvalue weighted by atomic mass is 16.4. The van der Waals surface area contributed by atoms with E-state index in [1.807, 2.05) is 0 Å². The third kappa shape index (κ3) is 6.27. The van der Waals surface area contributed by atoms with Gasteiger partial charge in [-0.1, -0.05) is 20.3 Å². The predicted octanol–water partition coefficient (Wildman–Crippen LogP) is 1.54. The molecule has 0 spiro atoms. The SMILES string of the molecule is CCC(C)CN(C)C(=O)NC(C)CC(=O)O. The van der Waals surface area contributed by atoms with Crippen LogP contribution in [0.3, 0.4) is 0 Å². The summed E-state index contributed by atoms with van der Waals surface area (Å²) in [5.74, 6) is -0.456. The van der Waals surface area contributed by atoms with Crippen molar-refractivity contribution in [1.29, 1.82) is 0 Å². The third-order valence-corrected chi connectivity index (χ3v) is 2.48. The van der Waals surface area contributed by atoms with Crippen LogP contribution in [0.1, 0.15) is 33.6 Å². The highest BCUT2D eigenvalue weighted by Gasteiger charge is 2.15. The summed E-state index contributed by atoms with van der Waals surface area (Å²) in [5.41, 5.74) is 0. The van der Waals surface area contributed by atoms with Gasteiger partial charge in [-0.05, 0) is 12.8 Å². The van der Waals surface area contributed by atoms with Crippen LogP contribution < -0.4 is 5.32 Å². The van der Waals surface area contributed by atoms with Crippen molar-refractivity contribution in [3.8, 4) is 0 Å². The second kappa shape index (κ2) is 7.09. The van der Waals surface area contributed by atoms with Crippen molar-refractivity contribution in [1.82, 2.24) is 10.2 Å². The van der Waals surface area contributed by atoms with Crippen molar-refractivity contribution in [2.75, 3.05) is 13.6 Å². The van der Waals surface area contributed by atoms with Crippen LogP contribution in [-0.2, 0) is 4.79 Å². The van der Waals surface area contributed by atoms with Crippen molar-refractivity contribution < 1.29 is 14.7 Å². The summed E-state index contributed by atoms with van der Waals surface area (Å²) >= 11 is 0. The summed E-state index contributed by atoms with van der Waals surface area (Å²) < 4.78 is 0. The first kappa shape index (κ1) is 14.7. The molecule has 16 heavy (non-hydrogen) atoms. The number of nitrogens with one attached hydrogen (secondary N) is 1. The Morgan fingerprint density at radius 1 is 1.38 bits per heavy atom. The Balaban J connectivity index is 3.99. The molecule has 0 aliphatic heterocycles. The van der Waals surface area contributed by atoms with Gasteiger partial charge in [0.15, 0.2) is 0 Å². The van der Waals surface area contributed by atoms with E-state index in [0.29, 0.717) is 12.5 Å². The summed E-state index contributed by atoms with van der Waals surface area (Å²) in [6.07, 6.45) is 0.964. The number of carboxylic acids is 1. The van der Waals surface area contributed by atoms with E-state index < -0.39 is 5.97 Å². The highest BCUT2D eigenvalue weighted by Crippen LogP contribution is 2.03. The van der Waals surface area contributed by atoms with Gasteiger partial charge < -0.3 is 15.3 Å². The van der Waals surface area contributed by atoms with Crippen LogP contribution in [0.15, 0.2) is 0 Å². The molecule has 5 heteroatoms. The molecule has 2 atom stereocenters. The van der Waals surface area contributed by atoms with Crippen LogP contribution in [0.25, 0.3) is 0 Å². The summed E-state index contributed by atoms with van der Waals surface area (Å²) in [4.78, 5) is 23.6. The van der Waals surface area contributed by atoms with Gasteiger partial charge in [-0.15, -0.1) is 0 Å². The quantitative estimate of drug-likeness (QED) is 0.727. The second-order valence-electron chi connectivity index (χ2n) is 4.34. The number of carbonyl (C=O) groups is 2. The van der Waals surface area contributed by atoms with Crippen molar-refractivity contribution in [2.45, 2.75) is 39.7 Å². The molecule has 5 nitrogen and oxygen atoms in total. The van der Waals surface area contributed by atoms with E-state index in [-0.39, 0.29) is 18.5 Å². The minimum absolute atomic E-state index is 0.0527. The fourth-order valence-corrected chi connectivity index (χ4v) is 1.31. The number of hydrogen-bond donors (Lipinski definition) is 2. The Kier molecular flexibility index (Phi) is 6.53. The highest BCUT2D eigenvalue weighted by molar-refractivity contribution is 5.75. The van der Waals surface area contributed by atoms with Gasteiger partial charge in [0, 0.05) is 19.6 Å². The molecule has 0 aromatic carbocycles. The van der Waals surface area contributed by atoms with Gasteiger partial charge in [0.25, 0.3) is 0 Å². The van der Waals surface area contributed by atoms with Crippen LogP contribution in [0.2, 0.25) is 0 Å². The molecule has 0 aliphatic carbocycles. The zero-order valence-corrected chi connectivity index (χ0v) is 10.5. The Bertz CT molecular complexity index is 243. The molecular weight excluding hydrogens is 208 g/mol. The van der Waals surface area contributed by atoms with Crippen LogP contribution in [0, 0.1) is 5.92 Å². The monoisotopic (exact) mass is 230 g/mol. The second-order valence-corrected chi connectivity index (χ2v) is 4.34. The number of amides is 2. The van der Waals surface area contributed by atoms with Gasteiger partial charge in [-0.3, -0.25) is 4.79 Å². The molecule has 0 aromatic rings. The fourth-order valence-electron chi connectivity index (χ4n) is 1.31. The largest absolute Gasteiger partial charge is 0.481 e. The van der Waals surface area contributed by atoms with Crippen LogP contribution in [-0.4, -0.2) is 41.6 Å². The summed E-state index contributed by atoms with van der Waals surface area (Å²) in [6.45, 7) is 6.51. The summed E-state index contributed by atoms with van der Waals surface area (Å²) in [5, 5.41) is 11.2.